The molecule has 0 heterocycles. The summed E-state index contributed by atoms with van der Waals surface area (Å²) < 4.78 is 4.69. The molecule has 0 aliphatic heterocycles. The van der Waals surface area contributed by atoms with Gasteiger partial charge in [-0.2, -0.15) is 0 Å². The molecule has 3 N–H and O–H groups in total. The number of primary amides is 1. The molecule has 1 rings (SSSR count). The standard InChI is InChI=1S/C14H22N2O2/c1-3-11-5-7-12(8-6-11)13(4-2)16-9-10-18-14(15)17/h5-8,13,16H,3-4,9-10H2,1-2H3,(H2,15,17). The average molecular weight is 250 g/mol. The number of carbonyl (C=O) groups is 1. The fourth-order valence-corrected chi connectivity index (χ4v) is 1.87. The van der Waals surface area contributed by atoms with Crippen LogP contribution < -0.4 is 11.1 Å². The molecule has 0 saturated heterocycles. The Bertz CT molecular complexity index is 363. The monoisotopic (exact) mass is 250 g/mol. The highest BCUT2D eigenvalue weighted by Crippen LogP contribution is 2.17. The number of carbonyl (C=O) groups excluding carboxylic acids is 1. The normalized spacial score (nSPS) is 12.1. The van der Waals surface area contributed by atoms with Crippen molar-refractivity contribution in [1.82, 2.24) is 5.32 Å². The number of hydrogen-bond acceptors (Lipinski definition) is 3. The van der Waals surface area contributed by atoms with E-state index < -0.39 is 6.09 Å². The summed E-state index contributed by atoms with van der Waals surface area (Å²) in [4.78, 5) is 10.4. The Morgan fingerprint density at radius 1 is 1.33 bits per heavy atom. The lowest BCUT2D eigenvalue weighted by atomic mass is 10.0. The minimum atomic E-state index is -0.725. The van der Waals surface area contributed by atoms with Crippen LogP contribution in [-0.2, 0) is 11.2 Å². The Hall–Kier alpha value is -1.55. The van der Waals surface area contributed by atoms with Crippen LogP contribution in [0.5, 0.6) is 0 Å². The van der Waals surface area contributed by atoms with Gasteiger partial charge >= 0.3 is 6.09 Å². The summed E-state index contributed by atoms with van der Waals surface area (Å²) in [6.07, 6.45) is 1.32. The lowest BCUT2D eigenvalue weighted by molar-refractivity contribution is 0.156. The summed E-state index contributed by atoms with van der Waals surface area (Å²) in [6.45, 7) is 5.18. The third kappa shape index (κ3) is 4.75. The van der Waals surface area contributed by atoms with Crippen molar-refractivity contribution in [2.24, 2.45) is 5.73 Å². The Kier molecular flexibility index (Phi) is 6.22. The van der Waals surface area contributed by atoms with E-state index in [9.17, 15) is 4.79 Å². The van der Waals surface area contributed by atoms with E-state index in [0.29, 0.717) is 13.2 Å². The van der Waals surface area contributed by atoms with Crippen LogP contribution in [0.2, 0.25) is 0 Å². The molecule has 0 fully saturated rings. The van der Waals surface area contributed by atoms with Crippen LogP contribution in [-0.4, -0.2) is 19.2 Å². The van der Waals surface area contributed by atoms with E-state index in [0.717, 1.165) is 12.8 Å². The summed E-state index contributed by atoms with van der Waals surface area (Å²) in [7, 11) is 0. The molecule has 0 bridgehead atoms. The largest absolute Gasteiger partial charge is 0.448 e. The lowest BCUT2D eigenvalue weighted by Crippen LogP contribution is -2.27. The van der Waals surface area contributed by atoms with E-state index in [1.54, 1.807) is 0 Å². The SMILES string of the molecule is CCc1ccc(C(CC)NCCOC(N)=O)cc1. The molecule has 1 aromatic carbocycles. The number of nitrogens with one attached hydrogen (secondary N) is 1. The maximum absolute atomic E-state index is 10.4. The van der Waals surface area contributed by atoms with E-state index >= 15 is 0 Å². The molecule has 4 heteroatoms. The van der Waals surface area contributed by atoms with Crippen molar-refractivity contribution < 1.29 is 9.53 Å². The molecule has 1 amide bonds. The zero-order valence-corrected chi connectivity index (χ0v) is 11.1. The first-order chi connectivity index (χ1) is 8.67. The van der Waals surface area contributed by atoms with Crippen LogP contribution in [0.1, 0.15) is 37.4 Å². The van der Waals surface area contributed by atoms with E-state index in [1.165, 1.54) is 11.1 Å². The summed E-state index contributed by atoms with van der Waals surface area (Å²) in [5, 5.41) is 3.35. The van der Waals surface area contributed by atoms with Gasteiger partial charge in [-0.05, 0) is 24.0 Å². The first kappa shape index (κ1) is 14.5. The van der Waals surface area contributed by atoms with Gasteiger partial charge in [0.25, 0.3) is 0 Å². The Morgan fingerprint density at radius 3 is 2.50 bits per heavy atom. The van der Waals surface area contributed by atoms with Gasteiger partial charge < -0.3 is 15.8 Å². The molecule has 4 nitrogen and oxygen atoms in total. The summed E-state index contributed by atoms with van der Waals surface area (Å²) in [6, 6.07) is 8.88. The number of benzene rings is 1. The van der Waals surface area contributed by atoms with Gasteiger partial charge in [0, 0.05) is 12.6 Å². The van der Waals surface area contributed by atoms with E-state index in [4.69, 9.17) is 5.73 Å². The van der Waals surface area contributed by atoms with Crippen LogP contribution in [0.3, 0.4) is 0 Å². The van der Waals surface area contributed by atoms with Gasteiger partial charge in [-0.3, -0.25) is 0 Å². The number of amides is 1. The van der Waals surface area contributed by atoms with E-state index in [2.05, 4.69) is 48.2 Å². The molecule has 100 valence electrons. The quantitative estimate of drug-likeness (QED) is 0.730. The van der Waals surface area contributed by atoms with Crippen LogP contribution in [0.4, 0.5) is 4.79 Å². The predicted octanol–water partition coefficient (Wildman–Crippen LogP) is 2.39. The van der Waals surface area contributed by atoms with Crippen LogP contribution in [0, 0.1) is 0 Å². The van der Waals surface area contributed by atoms with Crippen molar-refractivity contribution in [2.75, 3.05) is 13.2 Å². The molecule has 18 heavy (non-hydrogen) atoms. The van der Waals surface area contributed by atoms with Gasteiger partial charge in [0.2, 0.25) is 0 Å². The Balaban J connectivity index is 2.46. The second kappa shape index (κ2) is 7.71. The molecular formula is C14H22N2O2. The lowest BCUT2D eigenvalue weighted by Gasteiger charge is -2.17. The van der Waals surface area contributed by atoms with Gasteiger partial charge in [0.1, 0.15) is 6.61 Å². The molecule has 1 unspecified atom stereocenters. The third-order valence-electron chi connectivity index (χ3n) is 2.94. The van der Waals surface area contributed by atoms with E-state index in [-0.39, 0.29) is 6.04 Å². The Morgan fingerprint density at radius 2 is 2.00 bits per heavy atom. The molecule has 0 aliphatic carbocycles. The maximum Gasteiger partial charge on any atom is 0.404 e. The van der Waals surface area contributed by atoms with E-state index in [1.807, 2.05) is 0 Å². The second-order valence-corrected chi connectivity index (χ2v) is 4.18. The fraction of sp³-hybridized carbons (Fsp3) is 0.500. The Labute approximate surface area is 109 Å². The first-order valence-electron chi connectivity index (χ1n) is 6.41. The van der Waals surface area contributed by atoms with Crippen molar-refractivity contribution in [3.8, 4) is 0 Å². The molecular weight excluding hydrogens is 228 g/mol. The topological polar surface area (TPSA) is 64.3 Å². The predicted molar refractivity (Wildman–Crippen MR) is 72.4 cm³/mol. The molecule has 0 radical (unpaired) electrons. The molecule has 0 aliphatic rings. The summed E-state index contributed by atoms with van der Waals surface area (Å²) in [5.74, 6) is 0. The van der Waals surface area contributed by atoms with Crippen molar-refractivity contribution >= 4 is 6.09 Å². The number of hydrogen-bond donors (Lipinski definition) is 2. The van der Waals surface area contributed by atoms with Crippen LogP contribution in [0.25, 0.3) is 0 Å². The third-order valence-corrected chi connectivity index (χ3v) is 2.94. The smallest absolute Gasteiger partial charge is 0.404 e. The average Bonchev–Trinajstić information content (AvgIpc) is 2.39. The summed E-state index contributed by atoms with van der Waals surface area (Å²) in [5.41, 5.74) is 7.49. The van der Waals surface area contributed by atoms with Crippen LogP contribution >= 0.6 is 0 Å². The molecule has 1 aromatic rings. The molecule has 0 saturated carbocycles. The zero-order chi connectivity index (χ0) is 13.4. The van der Waals surface area contributed by atoms with Crippen molar-refractivity contribution in [2.45, 2.75) is 32.7 Å². The van der Waals surface area contributed by atoms with Gasteiger partial charge in [0.15, 0.2) is 0 Å². The molecule has 0 aromatic heterocycles. The van der Waals surface area contributed by atoms with Crippen molar-refractivity contribution in [3.63, 3.8) is 0 Å². The second-order valence-electron chi connectivity index (χ2n) is 4.18. The van der Waals surface area contributed by atoms with Gasteiger partial charge in [-0.25, -0.2) is 4.79 Å². The van der Waals surface area contributed by atoms with Crippen molar-refractivity contribution in [3.05, 3.63) is 35.4 Å². The molecule has 0 spiro atoms. The van der Waals surface area contributed by atoms with Crippen LogP contribution in [0.15, 0.2) is 24.3 Å². The highest BCUT2D eigenvalue weighted by Gasteiger charge is 2.08. The molecule has 1 atom stereocenters. The number of ether oxygens (including phenoxy) is 1. The number of nitrogens with two attached hydrogens (primary N) is 1. The highest BCUT2D eigenvalue weighted by molar-refractivity contribution is 5.64. The van der Waals surface area contributed by atoms with Gasteiger partial charge in [-0.15, -0.1) is 0 Å². The maximum atomic E-state index is 10.4. The highest BCUT2D eigenvalue weighted by atomic mass is 16.5. The fourth-order valence-electron chi connectivity index (χ4n) is 1.87. The number of rotatable bonds is 7. The zero-order valence-electron chi connectivity index (χ0n) is 11.1. The van der Waals surface area contributed by atoms with Gasteiger partial charge in [-0.1, -0.05) is 38.1 Å². The number of aryl methyl sites for hydroxylation is 1. The summed E-state index contributed by atoms with van der Waals surface area (Å²) >= 11 is 0. The minimum absolute atomic E-state index is 0.285. The van der Waals surface area contributed by atoms with Crippen molar-refractivity contribution in [1.29, 1.82) is 0 Å². The van der Waals surface area contributed by atoms with Gasteiger partial charge in [0.05, 0.1) is 0 Å². The first-order valence-corrected chi connectivity index (χ1v) is 6.41. The minimum Gasteiger partial charge on any atom is -0.448 e.